The molecule has 0 bridgehead atoms. The fourth-order valence-electron chi connectivity index (χ4n) is 3.57. The van der Waals surface area contributed by atoms with Gasteiger partial charge in [-0.25, -0.2) is 9.59 Å². The quantitative estimate of drug-likeness (QED) is 0.295. The third-order valence-corrected chi connectivity index (χ3v) is 5.04. The molecule has 28 heavy (non-hydrogen) atoms. The largest absolute Gasteiger partial charge is 0.457 e. The normalized spacial score (nSPS) is 12.8. The summed E-state index contributed by atoms with van der Waals surface area (Å²) in [5, 5.41) is 11.8. The van der Waals surface area contributed by atoms with Crippen LogP contribution in [0.2, 0.25) is 0 Å². The average Bonchev–Trinajstić information content (AvgIpc) is 3.11. The van der Waals surface area contributed by atoms with Crippen LogP contribution in [0.5, 0.6) is 0 Å². The summed E-state index contributed by atoms with van der Waals surface area (Å²) in [5.74, 6) is -0.689. The molecule has 142 valence electrons. The highest BCUT2D eigenvalue weighted by Gasteiger charge is 2.18. The first-order valence-corrected chi connectivity index (χ1v) is 8.93. The maximum atomic E-state index is 12.4. The molecule has 0 saturated carbocycles. The van der Waals surface area contributed by atoms with E-state index in [-0.39, 0.29) is 17.9 Å². The van der Waals surface area contributed by atoms with Crippen molar-refractivity contribution in [2.75, 3.05) is 0 Å². The standard InChI is InChI=1S/C21H17NO6/c1-12-5-6-15(8-18(12)22(25)26)21(24)27-11-16-10-20(23)28-19-9-14-4-2-3-13(14)7-17(16)19/h5-10H,2-4,11H2,1H3. The van der Waals surface area contributed by atoms with Crippen LogP contribution in [0.25, 0.3) is 11.0 Å². The smallest absolute Gasteiger partial charge is 0.338 e. The Morgan fingerprint density at radius 1 is 1.18 bits per heavy atom. The third-order valence-electron chi connectivity index (χ3n) is 5.04. The zero-order valence-electron chi connectivity index (χ0n) is 15.2. The van der Waals surface area contributed by atoms with Crippen LogP contribution in [-0.4, -0.2) is 10.9 Å². The molecule has 0 fully saturated rings. The summed E-state index contributed by atoms with van der Waals surface area (Å²) in [6, 6.07) is 9.37. The van der Waals surface area contributed by atoms with Gasteiger partial charge in [-0.15, -0.1) is 0 Å². The summed E-state index contributed by atoms with van der Waals surface area (Å²) in [6.07, 6.45) is 2.99. The number of ether oxygens (including phenoxy) is 1. The van der Waals surface area contributed by atoms with Crippen LogP contribution in [0.4, 0.5) is 5.69 Å². The summed E-state index contributed by atoms with van der Waals surface area (Å²) in [6.45, 7) is 1.47. The number of carbonyl (C=O) groups excluding carboxylic acids is 1. The molecule has 4 rings (SSSR count). The van der Waals surface area contributed by atoms with Gasteiger partial charge in [0.25, 0.3) is 5.69 Å². The summed E-state index contributed by atoms with van der Waals surface area (Å²) in [7, 11) is 0. The van der Waals surface area contributed by atoms with Crippen molar-refractivity contribution in [3.8, 4) is 0 Å². The zero-order valence-corrected chi connectivity index (χ0v) is 15.2. The lowest BCUT2D eigenvalue weighted by Crippen LogP contribution is -2.09. The van der Waals surface area contributed by atoms with Crippen LogP contribution >= 0.6 is 0 Å². The molecule has 1 heterocycles. The Morgan fingerprint density at radius 3 is 2.68 bits per heavy atom. The zero-order chi connectivity index (χ0) is 19.8. The molecule has 0 radical (unpaired) electrons. The van der Waals surface area contributed by atoms with Crippen molar-refractivity contribution in [2.24, 2.45) is 0 Å². The van der Waals surface area contributed by atoms with E-state index in [1.165, 1.54) is 35.4 Å². The number of nitro groups is 1. The van der Waals surface area contributed by atoms with E-state index in [1.54, 1.807) is 6.92 Å². The molecule has 1 aliphatic carbocycles. The van der Waals surface area contributed by atoms with E-state index in [2.05, 4.69) is 0 Å². The Labute approximate surface area is 159 Å². The van der Waals surface area contributed by atoms with Gasteiger partial charge in [0.15, 0.2) is 0 Å². The van der Waals surface area contributed by atoms with E-state index >= 15 is 0 Å². The van der Waals surface area contributed by atoms with Crippen LogP contribution in [0.1, 0.15) is 39.0 Å². The molecule has 0 amide bonds. The maximum Gasteiger partial charge on any atom is 0.338 e. The number of esters is 1. The Bertz CT molecular complexity index is 1180. The van der Waals surface area contributed by atoms with Gasteiger partial charge in [0, 0.05) is 28.6 Å². The van der Waals surface area contributed by atoms with Crippen LogP contribution in [0, 0.1) is 17.0 Å². The third kappa shape index (κ3) is 3.26. The minimum Gasteiger partial charge on any atom is -0.457 e. The van der Waals surface area contributed by atoms with Gasteiger partial charge >= 0.3 is 11.6 Å². The molecule has 0 spiro atoms. The number of rotatable bonds is 4. The van der Waals surface area contributed by atoms with E-state index in [1.807, 2.05) is 12.1 Å². The number of hydrogen-bond acceptors (Lipinski definition) is 6. The highest BCUT2D eigenvalue weighted by molar-refractivity contribution is 5.90. The fourth-order valence-corrected chi connectivity index (χ4v) is 3.57. The number of carbonyl (C=O) groups is 1. The topological polar surface area (TPSA) is 99.7 Å². The number of nitro benzene ring substituents is 1. The Hall–Kier alpha value is -3.48. The van der Waals surface area contributed by atoms with Crippen molar-refractivity contribution < 1.29 is 18.9 Å². The summed E-state index contributed by atoms with van der Waals surface area (Å²) in [5.41, 5.74) is 3.31. The fraction of sp³-hybridized carbons (Fsp3) is 0.238. The first-order valence-electron chi connectivity index (χ1n) is 8.93. The van der Waals surface area contributed by atoms with E-state index in [9.17, 15) is 19.7 Å². The lowest BCUT2D eigenvalue weighted by Gasteiger charge is -2.09. The SMILES string of the molecule is Cc1ccc(C(=O)OCc2cc(=O)oc3cc4c(cc23)CCC4)cc1[N+](=O)[O-]. The highest BCUT2D eigenvalue weighted by Crippen LogP contribution is 2.29. The summed E-state index contributed by atoms with van der Waals surface area (Å²) >= 11 is 0. The lowest BCUT2D eigenvalue weighted by atomic mass is 10.0. The molecule has 0 atom stereocenters. The molecule has 7 nitrogen and oxygen atoms in total. The molecule has 0 saturated heterocycles. The van der Waals surface area contributed by atoms with Crippen molar-refractivity contribution in [3.63, 3.8) is 0 Å². The van der Waals surface area contributed by atoms with Gasteiger partial charge in [0.05, 0.1) is 10.5 Å². The number of benzene rings is 2. The molecule has 7 heteroatoms. The molecule has 0 N–H and O–H groups in total. The number of fused-ring (bicyclic) bond motifs is 2. The van der Waals surface area contributed by atoms with Crippen molar-refractivity contribution in [3.05, 3.63) is 84.7 Å². The molecular formula is C21H17NO6. The summed E-state index contributed by atoms with van der Waals surface area (Å²) in [4.78, 5) is 34.8. The lowest BCUT2D eigenvalue weighted by molar-refractivity contribution is -0.385. The predicted molar refractivity (Wildman–Crippen MR) is 101 cm³/mol. The van der Waals surface area contributed by atoms with Crippen LogP contribution in [0.3, 0.4) is 0 Å². The molecule has 0 aliphatic heterocycles. The van der Waals surface area contributed by atoms with E-state index < -0.39 is 16.5 Å². The average molecular weight is 379 g/mol. The minimum atomic E-state index is -0.689. The van der Waals surface area contributed by atoms with E-state index in [0.29, 0.717) is 16.7 Å². The molecule has 3 aromatic rings. The van der Waals surface area contributed by atoms with Crippen LogP contribution < -0.4 is 5.63 Å². The number of aryl methyl sites for hydroxylation is 3. The van der Waals surface area contributed by atoms with Crippen LogP contribution in [0.15, 0.2) is 45.6 Å². The predicted octanol–water partition coefficient (Wildman–Crippen LogP) is 3.86. The van der Waals surface area contributed by atoms with Gasteiger partial charge in [-0.3, -0.25) is 10.1 Å². The van der Waals surface area contributed by atoms with Crippen molar-refractivity contribution in [2.45, 2.75) is 32.8 Å². The van der Waals surface area contributed by atoms with Gasteiger partial charge in [-0.05, 0) is 55.5 Å². The molecule has 1 aromatic heterocycles. The maximum absolute atomic E-state index is 12.4. The Morgan fingerprint density at radius 2 is 1.93 bits per heavy atom. The Kier molecular flexibility index (Phi) is 4.43. The highest BCUT2D eigenvalue weighted by atomic mass is 16.6. The second-order valence-corrected chi connectivity index (χ2v) is 6.90. The van der Waals surface area contributed by atoms with Gasteiger partial charge in [-0.1, -0.05) is 6.07 Å². The molecule has 1 aliphatic rings. The first kappa shape index (κ1) is 17.9. The molecular weight excluding hydrogens is 362 g/mol. The summed E-state index contributed by atoms with van der Waals surface area (Å²) < 4.78 is 10.6. The van der Waals surface area contributed by atoms with Gasteiger partial charge in [0.2, 0.25) is 0 Å². The number of nitrogens with zero attached hydrogens (tertiary/aromatic N) is 1. The van der Waals surface area contributed by atoms with E-state index in [0.717, 1.165) is 24.6 Å². The molecule has 0 unspecified atom stereocenters. The van der Waals surface area contributed by atoms with Gasteiger partial charge in [-0.2, -0.15) is 0 Å². The van der Waals surface area contributed by atoms with Crippen molar-refractivity contribution >= 4 is 22.6 Å². The van der Waals surface area contributed by atoms with Gasteiger partial charge in [0.1, 0.15) is 12.2 Å². The van der Waals surface area contributed by atoms with Crippen molar-refractivity contribution in [1.29, 1.82) is 0 Å². The van der Waals surface area contributed by atoms with Gasteiger partial charge < -0.3 is 9.15 Å². The second kappa shape index (κ2) is 6.92. The second-order valence-electron chi connectivity index (χ2n) is 6.90. The first-order chi connectivity index (χ1) is 13.4. The Balaban J connectivity index is 1.62. The minimum absolute atomic E-state index is 0.0884. The number of hydrogen-bond donors (Lipinski definition) is 0. The van der Waals surface area contributed by atoms with E-state index in [4.69, 9.17) is 9.15 Å². The van der Waals surface area contributed by atoms with Crippen LogP contribution in [-0.2, 0) is 24.2 Å². The molecule has 2 aromatic carbocycles. The van der Waals surface area contributed by atoms with Crippen molar-refractivity contribution in [1.82, 2.24) is 0 Å². The monoisotopic (exact) mass is 379 g/mol.